The predicted molar refractivity (Wildman–Crippen MR) is 97.4 cm³/mol. The monoisotopic (exact) mass is 386 g/mol. The third kappa shape index (κ3) is 3.26. The van der Waals surface area contributed by atoms with E-state index in [9.17, 15) is 23.1 Å². The molecule has 0 bridgehead atoms. The third-order valence-corrected chi connectivity index (χ3v) is 4.29. The van der Waals surface area contributed by atoms with Crippen LogP contribution in [0, 0.1) is 0 Å². The summed E-state index contributed by atoms with van der Waals surface area (Å²) in [6, 6.07) is 14.1. The molecule has 4 rings (SSSR count). The molecule has 4 aromatic rings. The summed E-state index contributed by atoms with van der Waals surface area (Å²) in [5.74, 6) is -0.156. The van der Waals surface area contributed by atoms with Crippen molar-refractivity contribution in [2.45, 2.75) is 12.8 Å². The van der Waals surface area contributed by atoms with Crippen LogP contribution in [0.5, 0.6) is 11.5 Å². The zero-order chi connectivity index (χ0) is 19.9. The van der Waals surface area contributed by atoms with Gasteiger partial charge in [-0.1, -0.05) is 24.3 Å². The van der Waals surface area contributed by atoms with Gasteiger partial charge in [-0.25, -0.2) is 0 Å². The zero-order valence-electron chi connectivity index (χ0n) is 14.3. The number of halogens is 3. The van der Waals surface area contributed by atoms with Gasteiger partial charge in [-0.2, -0.15) is 13.2 Å². The highest BCUT2D eigenvalue weighted by molar-refractivity contribution is 5.93. The first-order valence-corrected chi connectivity index (χ1v) is 8.30. The summed E-state index contributed by atoms with van der Waals surface area (Å²) in [4.78, 5) is 12.6. The maximum Gasteiger partial charge on any atom is 0.416 e. The van der Waals surface area contributed by atoms with Crippen LogP contribution >= 0.6 is 0 Å². The number of phenols is 1. The molecule has 142 valence electrons. The Hall–Kier alpha value is -3.48. The Kier molecular flexibility index (Phi) is 4.22. The van der Waals surface area contributed by atoms with Crippen molar-refractivity contribution in [1.82, 2.24) is 0 Å². The van der Waals surface area contributed by atoms with Crippen LogP contribution in [0.1, 0.15) is 11.1 Å². The molecule has 0 spiro atoms. The first-order valence-electron chi connectivity index (χ1n) is 8.30. The molecular formula is C21H13F3O4. The van der Waals surface area contributed by atoms with Crippen molar-refractivity contribution in [3.8, 4) is 11.5 Å². The number of phenolic OH excluding ortho intramolecular Hbond substituents is 1. The third-order valence-electron chi connectivity index (χ3n) is 4.29. The van der Waals surface area contributed by atoms with Gasteiger partial charge in [0.25, 0.3) is 0 Å². The van der Waals surface area contributed by atoms with Gasteiger partial charge in [0.15, 0.2) is 0 Å². The smallest absolute Gasteiger partial charge is 0.416 e. The number of rotatable bonds is 3. The molecule has 0 saturated heterocycles. The van der Waals surface area contributed by atoms with E-state index in [0.717, 1.165) is 12.1 Å². The van der Waals surface area contributed by atoms with Crippen LogP contribution in [0.25, 0.3) is 21.9 Å². The second-order valence-corrected chi connectivity index (χ2v) is 6.23. The summed E-state index contributed by atoms with van der Waals surface area (Å²) in [5, 5.41) is 10.6. The Bertz CT molecular complexity index is 1240. The highest BCUT2D eigenvalue weighted by Gasteiger charge is 2.30. The Morgan fingerprint density at radius 2 is 1.75 bits per heavy atom. The quantitative estimate of drug-likeness (QED) is 0.489. The second-order valence-electron chi connectivity index (χ2n) is 6.23. The lowest BCUT2D eigenvalue weighted by atomic mass is 10.1. The number of aromatic hydroxyl groups is 1. The van der Waals surface area contributed by atoms with E-state index >= 15 is 0 Å². The molecular weight excluding hydrogens is 373 g/mol. The van der Waals surface area contributed by atoms with Crippen molar-refractivity contribution in [3.63, 3.8) is 0 Å². The van der Waals surface area contributed by atoms with Gasteiger partial charge in [0, 0.05) is 12.1 Å². The molecule has 0 aliphatic heterocycles. The Morgan fingerprint density at radius 1 is 0.964 bits per heavy atom. The highest BCUT2D eigenvalue weighted by Crippen LogP contribution is 2.32. The summed E-state index contributed by atoms with van der Waals surface area (Å²) in [7, 11) is 0. The Labute approximate surface area is 156 Å². The van der Waals surface area contributed by atoms with Crippen molar-refractivity contribution in [3.05, 3.63) is 82.0 Å². The van der Waals surface area contributed by atoms with Crippen molar-refractivity contribution in [2.75, 3.05) is 0 Å². The molecule has 28 heavy (non-hydrogen) atoms. The summed E-state index contributed by atoms with van der Waals surface area (Å²) in [6.07, 6.45) is -4.44. The number of ether oxygens (including phenoxy) is 1. The topological polar surface area (TPSA) is 59.7 Å². The van der Waals surface area contributed by atoms with Crippen molar-refractivity contribution >= 4 is 21.9 Å². The lowest BCUT2D eigenvalue weighted by Gasteiger charge is -2.11. The fraction of sp³-hybridized carbons (Fsp3) is 0.0952. The molecule has 0 fully saturated rings. The van der Waals surface area contributed by atoms with E-state index in [1.54, 1.807) is 24.3 Å². The van der Waals surface area contributed by atoms with Gasteiger partial charge >= 0.3 is 6.18 Å². The number of hydrogen-bond donors (Lipinski definition) is 1. The lowest BCUT2D eigenvalue weighted by Crippen LogP contribution is -2.06. The molecule has 1 aromatic heterocycles. The molecule has 0 aliphatic rings. The van der Waals surface area contributed by atoms with Gasteiger partial charge in [-0.3, -0.25) is 4.79 Å². The molecule has 0 amide bonds. The summed E-state index contributed by atoms with van der Waals surface area (Å²) < 4.78 is 49.6. The maximum absolute atomic E-state index is 12.8. The summed E-state index contributed by atoms with van der Waals surface area (Å²) >= 11 is 0. The van der Waals surface area contributed by atoms with Gasteiger partial charge in [-0.15, -0.1) is 0 Å². The standard InChI is InChI=1S/C21H13F3O4/c22-21(23,24)13-5-3-4-12(8-13)11-27-14-9-16(25)19-18(10-14)28-17-7-2-1-6-15(17)20(19)26/h1-10,25H,11H2. The van der Waals surface area contributed by atoms with Crippen molar-refractivity contribution in [1.29, 1.82) is 0 Å². The molecule has 0 unspecified atom stereocenters. The summed E-state index contributed by atoms with van der Waals surface area (Å²) in [5.41, 5.74) is -0.349. The fourth-order valence-electron chi connectivity index (χ4n) is 2.97. The molecule has 0 aliphatic carbocycles. The number of fused-ring (bicyclic) bond motifs is 2. The van der Waals surface area contributed by atoms with E-state index in [1.165, 1.54) is 24.3 Å². The normalized spacial score (nSPS) is 11.8. The minimum absolute atomic E-state index is 0.0186. The molecule has 0 saturated carbocycles. The van der Waals surface area contributed by atoms with Crippen LogP contribution in [-0.4, -0.2) is 5.11 Å². The molecule has 1 N–H and O–H groups in total. The summed E-state index contributed by atoms with van der Waals surface area (Å²) in [6.45, 7) is -0.146. The maximum atomic E-state index is 12.8. The van der Waals surface area contributed by atoms with Crippen LogP contribution in [0.3, 0.4) is 0 Å². The van der Waals surface area contributed by atoms with Gasteiger partial charge in [0.05, 0.1) is 10.9 Å². The van der Waals surface area contributed by atoms with E-state index < -0.39 is 11.7 Å². The molecule has 0 radical (unpaired) electrons. The van der Waals surface area contributed by atoms with Gasteiger partial charge in [0.2, 0.25) is 5.43 Å². The predicted octanol–water partition coefficient (Wildman–Crippen LogP) is 5.25. The molecule has 4 nitrogen and oxygen atoms in total. The van der Waals surface area contributed by atoms with Crippen LogP contribution < -0.4 is 10.2 Å². The number of hydrogen-bond acceptors (Lipinski definition) is 4. The fourth-order valence-corrected chi connectivity index (χ4v) is 2.97. The van der Waals surface area contributed by atoms with Gasteiger partial charge in [-0.05, 0) is 29.8 Å². The first kappa shape index (κ1) is 17.9. The number of alkyl halides is 3. The number of para-hydroxylation sites is 1. The van der Waals surface area contributed by atoms with Crippen molar-refractivity contribution < 1.29 is 27.4 Å². The SMILES string of the molecule is O=c1c2ccccc2oc2cc(OCc3cccc(C(F)(F)F)c3)cc(O)c12. The lowest BCUT2D eigenvalue weighted by molar-refractivity contribution is -0.137. The van der Waals surface area contributed by atoms with Crippen molar-refractivity contribution in [2.24, 2.45) is 0 Å². The van der Waals surface area contributed by atoms with E-state index in [1.807, 2.05) is 0 Å². The molecule has 7 heteroatoms. The highest BCUT2D eigenvalue weighted by atomic mass is 19.4. The minimum atomic E-state index is -4.44. The average Bonchev–Trinajstić information content (AvgIpc) is 2.66. The Balaban J connectivity index is 1.69. The van der Waals surface area contributed by atoms with E-state index in [2.05, 4.69) is 0 Å². The molecule has 0 atom stereocenters. The zero-order valence-corrected chi connectivity index (χ0v) is 14.3. The number of benzene rings is 3. The second kappa shape index (κ2) is 6.60. The van der Waals surface area contributed by atoms with E-state index in [0.29, 0.717) is 16.5 Å². The van der Waals surface area contributed by atoms with E-state index in [-0.39, 0.29) is 34.5 Å². The van der Waals surface area contributed by atoms with Gasteiger partial charge in [0.1, 0.15) is 34.7 Å². The first-order chi connectivity index (χ1) is 13.3. The molecule has 3 aromatic carbocycles. The van der Waals surface area contributed by atoms with Crippen LogP contribution in [-0.2, 0) is 12.8 Å². The Morgan fingerprint density at radius 3 is 2.54 bits per heavy atom. The minimum Gasteiger partial charge on any atom is -0.507 e. The largest absolute Gasteiger partial charge is 0.507 e. The molecule has 1 heterocycles. The average molecular weight is 386 g/mol. The van der Waals surface area contributed by atoms with Crippen LogP contribution in [0.4, 0.5) is 13.2 Å². The van der Waals surface area contributed by atoms with Crippen LogP contribution in [0.2, 0.25) is 0 Å². The van der Waals surface area contributed by atoms with Crippen LogP contribution in [0.15, 0.2) is 69.9 Å². The van der Waals surface area contributed by atoms with E-state index in [4.69, 9.17) is 9.15 Å². The van der Waals surface area contributed by atoms with Gasteiger partial charge < -0.3 is 14.3 Å².